The summed E-state index contributed by atoms with van der Waals surface area (Å²) in [6.07, 6.45) is 1.08. The molecule has 1 aromatic carbocycles. The van der Waals surface area contributed by atoms with Gasteiger partial charge in [-0.3, -0.25) is 4.79 Å². The Morgan fingerprint density at radius 3 is 3.00 bits per heavy atom. The standard InChI is InChI=1S/C14H17ClN4O2/c1-2-21-13(20)14(17-5-6-18-19-16)8-10-3-4-12(15)7-11(10)9-14/h3-4,7,17H,2,5-6,8-9H2,1H3. The minimum absolute atomic E-state index is 0.279. The maximum absolute atomic E-state index is 12.4. The third kappa shape index (κ3) is 3.47. The van der Waals surface area contributed by atoms with E-state index in [0.29, 0.717) is 31.0 Å². The molecule has 1 atom stereocenters. The summed E-state index contributed by atoms with van der Waals surface area (Å²) in [4.78, 5) is 15.1. The summed E-state index contributed by atoms with van der Waals surface area (Å²) >= 11 is 6.01. The first kappa shape index (κ1) is 15.6. The number of carbonyl (C=O) groups excluding carboxylic acids is 1. The van der Waals surface area contributed by atoms with Gasteiger partial charge in [-0.1, -0.05) is 22.8 Å². The number of benzene rings is 1. The molecule has 1 aromatic rings. The van der Waals surface area contributed by atoms with Crippen LogP contribution in [-0.2, 0) is 22.4 Å². The fourth-order valence-corrected chi connectivity index (χ4v) is 2.84. The zero-order chi connectivity index (χ0) is 15.3. The van der Waals surface area contributed by atoms with E-state index in [-0.39, 0.29) is 12.5 Å². The number of fused-ring (bicyclic) bond motifs is 1. The second-order valence-electron chi connectivity index (χ2n) is 4.95. The first-order valence-electron chi connectivity index (χ1n) is 6.82. The Hall–Kier alpha value is -1.75. The minimum Gasteiger partial charge on any atom is -0.465 e. The lowest BCUT2D eigenvalue weighted by Gasteiger charge is -2.27. The number of ether oxygens (including phenoxy) is 1. The van der Waals surface area contributed by atoms with Gasteiger partial charge in [0, 0.05) is 35.9 Å². The summed E-state index contributed by atoms with van der Waals surface area (Å²) < 4.78 is 5.21. The smallest absolute Gasteiger partial charge is 0.327 e. The quantitative estimate of drug-likeness (QED) is 0.288. The van der Waals surface area contributed by atoms with Crippen LogP contribution < -0.4 is 5.32 Å². The van der Waals surface area contributed by atoms with Crippen LogP contribution in [0, 0.1) is 0 Å². The lowest BCUT2D eigenvalue weighted by atomic mass is 9.95. The molecule has 0 saturated heterocycles. The molecule has 0 spiro atoms. The van der Waals surface area contributed by atoms with Gasteiger partial charge in [0.25, 0.3) is 0 Å². The van der Waals surface area contributed by atoms with Crippen LogP contribution in [0.2, 0.25) is 5.02 Å². The summed E-state index contributed by atoms with van der Waals surface area (Å²) in [5.41, 5.74) is 9.65. The van der Waals surface area contributed by atoms with E-state index in [1.807, 2.05) is 18.2 Å². The normalized spacial score (nSPS) is 19.7. The van der Waals surface area contributed by atoms with Crippen molar-refractivity contribution in [3.63, 3.8) is 0 Å². The highest BCUT2D eigenvalue weighted by molar-refractivity contribution is 6.30. The Morgan fingerprint density at radius 1 is 1.52 bits per heavy atom. The van der Waals surface area contributed by atoms with Crippen LogP contribution in [0.4, 0.5) is 0 Å². The summed E-state index contributed by atoms with van der Waals surface area (Å²) in [5, 5.41) is 7.33. The number of azide groups is 1. The zero-order valence-corrected chi connectivity index (χ0v) is 12.6. The van der Waals surface area contributed by atoms with Gasteiger partial charge in [-0.05, 0) is 35.7 Å². The molecule has 0 amide bonds. The van der Waals surface area contributed by atoms with Crippen LogP contribution in [0.5, 0.6) is 0 Å². The van der Waals surface area contributed by atoms with E-state index in [9.17, 15) is 4.79 Å². The molecule has 1 unspecified atom stereocenters. The van der Waals surface area contributed by atoms with E-state index in [1.54, 1.807) is 6.92 Å². The van der Waals surface area contributed by atoms with Gasteiger partial charge in [0.2, 0.25) is 0 Å². The van der Waals surface area contributed by atoms with Gasteiger partial charge >= 0.3 is 5.97 Å². The monoisotopic (exact) mass is 308 g/mol. The summed E-state index contributed by atoms with van der Waals surface area (Å²) in [6, 6.07) is 5.64. The number of hydrogen-bond donors (Lipinski definition) is 1. The van der Waals surface area contributed by atoms with Crippen LogP contribution in [0.25, 0.3) is 10.4 Å². The number of esters is 1. The predicted octanol–water partition coefficient (Wildman–Crippen LogP) is 2.64. The first-order chi connectivity index (χ1) is 10.1. The van der Waals surface area contributed by atoms with Gasteiger partial charge in [-0.2, -0.15) is 0 Å². The summed E-state index contributed by atoms with van der Waals surface area (Å²) in [5.74, 6) is -0.279. The second-order valence-corrected chi connectivity index (χ2v) is 5.39. The molecule has 0 fully saturated rings. The second kappa shape index (κ2) is 6.80. The van der Waals surface area contributed by atoms with Crippen LogP contribution in [0.15, 0.2) is 23.3 Å². The zero-order valence-electron chi connectivity index (χ0n) is 11.8. The highest BCUT2D eigenvalue weighted by atomic mass is 35.5. The van der Waals surface area contributed by atoms with Crippen molar-refractivity contribution in [2.75, 3.05) is 19.7 Å². The average molecular weight is 309 g/mol. The van der Waals surface area contributed by atoms with Crippen LogP contribution >= 0.6 is 11.6 Å². The first-order valence-corrected chi connectivity index (χ1v) is 7.19. The lowest BCUT2D eigenvalue weighted by molar-refractivity contribution is -0.150. The molecule has 1 N–H and O–H groups in total. The van der Waals surface area contributed by atoms with Gasteiger partial charge in [0.1, 0.15) is 5.54 Å². The van der Waals surface area contributed by atoms with Crippen LogP contribution in [0.1, 0.15) is 18.1 Å². The van der Waals surface area contributed by atoms with Gasteiger partial charge in [-0.15, -0.1) is 0 Å². The number of rotatable bonds is 6. The highest BCUT2D eigenvalue weighted by Gasteiger charge is 2.44. The highest BCUT2D eigenvalue weighted by Crippen LogP contribution is 2.33. The molecule has 0 radical (unpaired) electrons. The molecule has 0 saturated carbocycles. The van der Waals surface area contributed by atoms with Crippen LogP contribution in [-0.4, -0.2) is 31.2 Å². The fourth-order valence-electron chi connectivity index (χ4n) is 2.64. The van der Waals surface area contributed by atoms with Crippen molar-refractivity contribution >= 4 is 17.6 Å². The molecule has 2 rings (SSSR count). The van der Waals surface area contributed by atoms with Gasteiger partial charge in [-0.25, -0.2) is 0 Å². The van der Waals surface area contributed by atoms with E-state index in [2.05, 4.69) is 15.3 Å². The Morgan fingerprint density at radius 2 is 2.29 bits per heavy atom. The van der Waals surface area contributed by atoms with E-state index < -0.39 is 5.54 Å². The summed E-state index contributed by atoms with van der Waals surface area (Å²) in [7, 11) is 0. The van der Waals surface area contributed by atoms with E-state index in [1.165, 1.54) is 0 Å². The number of halogens is 1. The number of nitrogens with one attached hydrogen (secondary N) is 1. The van der Waals surface area contributed by atoms with Gasteiger partial charge in [0.05, 0.1) is 6.61 Å². The van der Waals surface area contributed by atoms with Crippen molar-refractivity contribution in [2.24, 2.45) is 5.11 Å². The molecule has 21 heavy (non-hydrogen) atoms. The van der Waals surface area contributed by atoms with E-state index in [4.69, 9.17) is 21.9 Å². The third-order valence-corrected chi connectivity index (χ3v) is 3.79. The van der Waals surface area contributed by atoms with Crippen molar-refractivity contribution in [2.45, 2.75) is 25.3 Å². The van der Waals surface area contributed by atoms with E-state index >= 15 is 0 Å². The average Bonchev–Trinajstić information content (AvgIpc) is 2.83. The van der Waals surface area contributed by atoms with Crippen molar-refractivity contribution < 1.29 is 9.53 Å². The molecular weight excluding hydrogens is 292 g/mol. The van der Waals surface area contributed by atoms with E-state index in [0.717, 1.165) is 11.1 Å². The molecule has 1 aliphatic rings. The Balaban J connectivity index is 2.19. The Kier molecular flexibility index (Phi) is 5.07. The summed E-state index contributed by atoms with van der Waals surface area (Å²) in [6.45, 7) is 2.82. The molecular formula is C14H17ClN4O2. The maximum Gasteiger partial charge on any atom is 0.327 e. The molecule has 1 aliphatic carbocycles. The molecule has 7 heteroatoms. The molecule has 0 aliphatic heterocycles. The largest absolute Gasteiger partial charge is 0.465 e. The fraction of sp³-hybridized carbons (Fsp3) is 0.500. The number of carbonyl (C=O) groups is 1. The van der Waals surface area contributed by atoms with Crippen molar-refractivity contribution in [3.8, 4) is 0 Å². The number of nitrogens with zero attached hydrogens (tertiary/aromatic N) is 3. The molecule has 0 bridgehead atoms. The SMILES string of the molecule is CCOC(=O)C1(NCCN=[N+]=[N-])Cc2ccc(Cl)cc2C1. The third-order valence-electron chi connectivity index (χ3n) is 3.56. The lowest BCUT2D eigenvalue weighted by Crippen LogP contribution is -2.54. The molecule has 0 heterocycles. The van der Waals surface area contributed by atoms with Gasteiger partial charge < -0.3 is 10.1 Å². The van der Waals surface area contributed by atoms with Crippen molar-refractivity contribution in [1.29, 1.82) is 0 Å². The molecule has 112 valence electrons. The maximum atomic E-state index is 12.4. The van der Waals surface area contributed by atoms with Gasteiger partial charge in [0.15, 0.2) is 0 Å². The van der Waals surface area contributed by atoms with Crippen molar-refractivity contribution in [1.82, 2.24) is 5.32 Å². The van der Waals surface area contributed by atoms with Crippen LogP contribution in [0.3, 0.4) is 0 Å². The number of hydrogen-bond acceptors (Lipinski definition) is 4. The topological polar surface area (TPSA) is 87.1 Å². The molecule has 6 nitrogen and oxygen atoms in total. The minimum atomic E-state index is -0.798. The van der Waals surface area contributed by atoms with Crippen molar-refractivity contribution in [3.05, 3.63) is 44.8 Å². The molecule has 0 aromatic heterocycles. The Bertz CT molecular complexity index is 586. The predicted molar refractivity (Wildman–Crippen MR) is 80.2 cm³/mol. The Labute approximate surface area is 128 Å².